The fraction of sp³-hybridized carbons (Fsp3) is 0.500. The summed E-state index contributed by atoms with van der Waals surface area (Å²) in [6.45, 7) is 11.0. The van der Waals surface area contributed by atoms with Crippen LogP contribution < -0.4 is 5.32 Å². The van der Waals surface area contributed by atoms with Crippen molar-refractivity contribution in [2.24, 2.45) is 0 Å². The van der Waals surface area contributed by atoms with Gasteiger partial charge in [0.15, 0.2) is 0 Å². The monoisotopic (exact) mass is 397 g/mol. The second kappa shape index (κ2) is 9.22. The molecule has 0 bridgehead atoms. The summed E-state index contributed by atoms with van der Waals surface area (Å²) in [6.07, 6.45) is 2.41. The Morgan fingerprint density at radius 1 is 1.10 bits per heavy atom. The number of hydrogen-bond acceptors (Lipinski definition) is 4. The lowest BCUT2D eigenvalue weighted by atomic mass is 10.1. The molecular weight excluding hydrogens is 366 g/mol. The zero-order valence-electron chi connectivity index (χ0n) is 17.8. The molecule has 0 spiro atoms. The van der Waals surface area contributed by atoms with Crippen LogP contribution in [0.1, 0.15) is 42.4 Å². The quantitative estimate of drug-likeness (QED) is 0.810. The van der Waals surface area contributed by atoms with Crippen molar-refractivity contribution < 1.29 is 9.59 Å². The second-order valence-electron chi connectivity index (χ2n) is 7.90. The van der Waals surface area contributed by atoms with Gasteiger partial charge in [0.1, 0.15) is 0 Å². The van der Waals surface area contributed by atoms with Gasteiger partial charge in [0.25, 0.3) is 5.91 Å². The molecule has 1 aliphatic rings. The molecule has 0 radical (unpaired) electrons. The van der Waals surface area contributed by atoms with E-state index in [0.717, 1.165) is 17.8 Å². The smallest absolute Gasteiger partial charge is 0.257 e. The molecule has 0 unspecified atom stereocenters. The summed E-state index contributed by atoms with van der Waals surface area (Å²) in [5.41, 5.74) is 3.75. The first-order chi connectivity index (χ1) is 13.9. The van der Waals surface area contributed by atoms with Crippen LogP contribution in [-0.2, 0) is 11.2 Å². The zero-order chi connectivity index (χ0) is 21.0. The van der Waals surface area contributed by atoms with Crippen molar-refractivity contribution in [3.05, 3.63) is 47.3 Å². The Morgan fingerprint density at radius 3 is 2.34 bits per heavy atom. The number of nitrogens with one attached hydrogen (secondary N) is 1. The minimum Gasteiger partial charge on any atom is -0.353 e. The van der Waals surface area contributed by atoms with Gasteiger partial charge in [-0.05, 0) is 39.3 Å². The van der Waals surface area contributed by atoms with Crippen LogP contribution in [0.15, 0.2) is 30.5 Å². The van der Waals surface area contributed by atoms with Gasteiger partial charge >= 0.3 is 0 Å². The number of hydrogen-bond donors (Lipinski definition) is 1. The Labute approximate surface area is 172 Å². The molecule has 0 aliphatic carbocycles. The highest BCUT2D eigenvalue weighted by molar-refractivity contribution is 5.95. The van der Waals surface area contributed by atoms with Gasteiger partial charge < -0.3 is 10.2 Å². The van der Waals surface area contributed by atoms with Gasteiger partial charge in [-0.25, -0.2) is 4.68 Å². The number of carbonyl (C=O) groups is 2. The first kappa shape index (κ1) is 21.0. The van der Waals surface area contributed by atoms with Crippen LogP contribution in [0.5, 0.6) is 0 Å². The van der Waals surface area contributed by atoms with E-state index in [-0.39, 0.29) is 17.9 Å². The normalized spacial score (nSPS) is 15.0. The number of benzene rings is 1. The second-order valence-corrected chi connectivity index (χ2v) is 7.90. The molecule has 2 heterocycles. The fourth-order valence-electron chi connectivity index (χ4n) is 3.65. The first-order valence-electron chi connectivity index (χ1n) is 10.3. The van der Waals surface area contributed by atoms with Crippen molar-refractivity contribution in [2.45, 2.75) is 40.2 Å². The number of aromatic nitrogens is 2. The lowest BCUT2D eigenvalue weighted by molar-refractivity contribution is -0.123. The van der Waals surface area contributed by atoms with Crippen LogP contribution in [0.2, 0.25) is 0 Å². The molecule has 0 saturated carbocycles. The van der Waals surface area contributed by atoms with E-state index in [1.165, 1.54) is 5.56 Å². The maximum Gasteiger partial charge on any atom is 0.257 e. The summed E-state index contributed by atoms with van der Waals surface area (Å²) in [5.74, 6) is 0.0545. The molecule has 29 heavy (non-hydrogen) atoms. The average molecular weight is 398 g/mol. The number of amides is 2. The summed E-state index contributed by atoms with van der Waals surface area (Å²) in [7, 11) is 0. The van der Waals surface area contributed by atoms with Crippen molar-refractivity contribution >= 4 is 11.8 Å². The third-order valence-corrected chi connectivity index (χ3v) is 5.19. The largest absolute Gasteiger partial charge is 0.353 e. The van der Waals surface area contributed by atoms with Crippen molar-refractivity contribution in [3.8, 4) is 5.69 Å². The summed E-state index contributed by atoms with van der Waals surface area (Å²) in [6, 6.07) is 8.29. The van der Waals surface area contributed by atoms with E-state index in [1.54, 1.807) is 6.20 Å². The van der Waals surface area contributed by atoms with Crippen molar-refractivity contribution in [1.29, 1.82) is 0 Å². The summed E-state index contributed by atoms with van der Waals surface area (Å²) in [4.78, 5) is 29.0. The molecule has 7 nitrogen and oxygen atoms in total. The number of rotatable bonds is 6. The Balaban J connectivity index is 1.66. The highest BCUT2D eigenvalue weighted by atomic mass is 16.2. The van der Waals surface area contributed by atoms with Crippen LogP contribution in [0.4, 0.5) is 0 Å². The number of aryl methyl sites for hydroxylation is 1. The van der Waals surface area contributed by atoms with Gasteiger partial charge in [0, 0.05) is 32.2 Å². The van der Waals surface area contributed by atoms with E-state index < -0.39 is 0 Å². The Hall–Kier alpha value is -2.67. The fourth-order valence-corrected chi connectivity index (χ4v) is 3.65. The van der Waals surface area contributed by atoms with Gasteiger partial charge in [0.2, 0.25) is 5.91 Å². The molecule has 156 valence electrons. The van der Waals surface area contributed by atoms with Gasteiger partial charge in [0.05, 0.1) is 29.7 Å². The standard InChI is InChI=1S/C22H31N5O2/c1-5-20-19(14-23-27(20)18-8-6-17(4)7-9-18)22(29)26-12-10-25(11-13-26)15-21(28)24-16(2)3/h6-9,14,16H,5,10-13,15H2,1-4H3,(H,24,28). The Morgan fingerprint density at radius 2 is 1.76 bits per heavy atom. The SMILES string of the molecule is CCc1c(C(=O)N2CCN(CC(=O)NC(C)C)CC2)cnn1-c1ccc(C)cc1. The van der Waals surface area contributed by atoms with Gasteiger partial charge in [-0.3, -0.25) is 14.5 Å². The third kappa shape index (κ3) is 5.03. The van der Waals surface area contributed by atoms with Gasteiger partial charge in [-0.1, -0.05) is 24.6 Å². The predicted molar refractivity (Wildman–Crippen MR) is 113 cm³/mol. The molecule has 0 atom stereocenters. The molecule has 1 aromatic heterocycles. The number of piperazine rings is 1. The minimum atomic E-state index is 0.0199. The van der Waals surface area contributed by atoms with Crippen LogP contribution in [0, 0.1) is 6.92 Å². The van der Waals surface area contributed by atoms with E-state index in [0.29, 0.717) is 38.3 Å². The minimum absolute atomic E-state index is 0.0199. The molecule has 1 saturated heterocycles. The van der Waals surface area contributed by atoms with E-state index in [1.807, 2.05) is 54.6 Å². The highest BCUT2D eigenvalue weighted by Gasteiger charge is 2.26. The molecule has 2 amide bonds. The molecule has 7 heteroatoms. The molecule has 1 N–H and O–H groups in total. The van der Waals surface area contributed by atoms with Gasteiger partial charge in [-0.2, -0.15) is 5.10 Å². The number of nitrogens with zero attached hydrogens (tertiary/aromatic N) is 4. The van der Waals surface area contributed by atoms with E-state index in [9.17, 15) is 9.59 Å². The number of carbonyl (C=O) groups excluding carboxylic acids is 2. The van der Waals surface area contributed by atoms with Crippen molar-refractivity contribution in [3.63, 3.8) is 0 Å². The Bertz CT molecular complexity index is 849. The highest BCUT2D eigenvalue weighted by Crippen LogP contribution is 2.19. The predicted octanol–water partition coefficient (Wildman–Crippen LogP) is 2.03. The van der Waals surface area contributed by atoms with Crippen LogP contribution >= 0.6 is 0 Å². The third-order valence-electron chi connectivity index (χ3n) is 5.19. The molecule has 2 aromatic rings. The van der Waals surface area contributed by atoms with Crippen LogP contribution in [0.3, 0.4) is 0 Å². The van der Waals surface area contributed by atoms with Crippen LogP contribution in [0.25, 0.3) is 5.69 Å². The maximum absolute atomic E-state index is 13.1. The molecule has 1 aliphatic heterocycles. The molecule has 1 fully saturated rings. The first-order valence-corrected chi connectivity index (χ1v) is 10.3. The molecular formula is C22H31N5O2. The van der Waals surface area contributed by atoms with E-state index in [2.05, 4.69) is 22.2 Å². The van der Waals surface area contributed by atoms with Crippen molar-refractivity contribution in [1.82, 2.24) is 24.9 Å². The lowest BCUT2D eigenvalue weighted by Gasteiger charge is -2.34. The summed E-state index contributed by atoms with van der Waals surface area (Å²) in [5, 5.41) is 7.41. The maximum atomic E-state index is 13.1. The summed E-state index contributed by atoms with van der Waals surface area (Å²) < 4.78 is 1.86. The van der Waals surface area contributed by atoms with E-state index >= 15 is 0 Å². The molecule has 1 aromatic carbocycles. The Kier molecular flexibility index (Phi) is 6.69. The van der Waals surface area contributed by atoms with Gasteiger partial charge in [-0.15, -0.1) is 0 Å². The summed E-state index contributed by atoms with van der Waals surface area (Å²) >= 11 is 0. The topological polar surface area (TPSA) is 70.5 Å². The lowest BCUT2D eigenvalue weighted by Crippen LogP contribution is -2.51. The van der Waals surface area contributed by atoms with Crippen molar-refractivity contribution in [2.75, 3.05) is 32.7 Å². The average Bonchev–Trinajstić information content (AvgIpc) is 3.12. The van der Waals surface area contributed by atoms with E-state index in [4.69, 9.17) is 0 Å². The zero-order valence-corrected chi connectivity index (χ0v) is 17.8. The van der Waals surface area contributed by atoms with Crippen LogP contribution in [-0.4, -0.2) is 70.2 Å². The molecule has 3 rings (SSSR count).